The number of ether oxygens (including phenoxy) is 2. The fraction of sp³-hybridized carbons (Fsp3) is 0.400. The van der Waals surface area contributed by atoms with Gasteiger partial charge in [-0.1, -0.05) is 15.9 Å². The molecule has 0 bridgehead atoms. The van der Waals surface area contributed by atoms with Gasteiger partial charge in [0.05, 0.1) is 25.3 Å². The second-order valence-electron chi connectivity index (χ2n) is 4.25. The quantitative estimate of drug-likeness (QED) is 0.419. The minimum atomic E-state index is -0.625. The molecule has 6 nitrogen and oxygen atoms in total. The van der Waals surface area contributed by atoms with Crippen LogP contribution < -0.4 is 5.01 Å². The van der Waals surface area contributed by atoms with Crippen molar-refractivity contribution < 1.29 is 19.1 Å². The Morgan fingerprint density at radius 3 is 2.27 bits per heavy atom. The number of hydrazone groups is 1. The minimum Gasteiger partial charge on any atom is -0.466 e. The number of nitrogens with zero attached hydrogens (tertiary/aromatic N) is 2. The summed E-state index contributed by atoms with van der Waals surface area (Å²) in [6, 6.07) is 7.38. The number of esters is 2. The number of hydrogen-bond donors (Lipinski definition) is 0. The fourth-order valence-corrected chi connectivity index (χ4v) is 1.87. The zero-order valence-corrected chi connectivity index (χ0v) is 14.4. The third-order valence-corrected chi connectivity index (χ3v) is 3.13. The molecule has 0 spiro atoms. The molecule has 0 heterocycles. The Hall–Kier alpha value is -1.89. The Morgan fingerprint density at radius 2 is 1.73 bits per heavy atom. The Balaban J connectivity index is 2.94. The largest absolute Gasteiger partial charge is 0.466 e. The summed E-state index contributed by atoms with van der Waals surface area (Å²) in [6.07, 6.45) is -0.229. The Kier molecular flexibility index (Phi) is 7.59. The molecule has 0 aliphatic carbocycles. The molecule has 0 saturated heterocycles. The van der Waals surface area contributed by atoms with Gasteiger partial charge < -0.3 is 9.47 Å². The molecule has 0 aliphatic rings. The van der Waals surface area contributed by atoms with Gasteiger partial charge >= 0.3 is 11.9 Å². The van der Waals surface area contributed by atoms with Crippen molar-refractivity contribution in [1.82, 2.24) is 0 Å². The van der Waals surface area contributed by atoms with Gasteiger partial charge in [0.25, 0.3) is 0 Å². The van der Waals surface area contributed by atoms with Gasteiger partial charge in [0.1, 0.15) is 0 Å². The first-order chi connectivity index (χ1) is 10.5. The molecule has 0 N–H and O–H groups in total. The number of halogens is 1. The summed E-state index contributed by atoms with van der Waals surface area (Å²) >= 11 is 3.35. The van der Waals surface area contributed by atoms with E-state index >= 15 is 0 Å². The maximum absolute atomic E-state index is 11.9. The van der Waals surface area contributed by atoms with Gasteiger partial charge in [-0.15, -0.1) is 0 Å². The van der Waals surface area contributed by atoms with Crippen LogP contribution in [-0.2, 0) is 19.1 Å². The van der Waals surface area contributed by atoms with Crippen molar-refractivity contribution in [2.45, 2.75) is 20.3 Å². The van der Waals surface area contributed by atoms with E-state index in [1.807, 2.05) is 24.3 Å². The van der Waals surface area contributed by atoms with Crippen LogP contribution in [0.25, 0.3) is 0 Å². The molecule has 1 aromatic rings. The van der Waals surface area contributed by atoms with Crippen LogP contribution in [0.1, 0.15) is 20.3 Å². The first-order valence-corrected chi connectivity index (χ1v) is 7.66. The van der Waals surface area contributed by atoms with Crippen LogP contribution in [0.2, 0.25) is 0 Å². The van der Waals surface area contributed by atoms with Crippen molar-refractivity contribution in [2.75, 3.05) is 25.3 Å². The lowest BCUT2D eigenvalue weighted by Crippen LogP contribution is -2.25. The molecular formula is C15H19BrN2O4. The molecule has 0 aromatic heterocycles. The molecule has 0 atom stereocenters. The maximum Gasteiger partial charge on any atom is 0.355 e. The van der Waals surface area contributed by atoms with Gasteiger partial charge in [-0.25, -0.2) is 4.79 Å². The van der Waals surface area contributed by atoms with Crippen molar-refractivity contribution in [3.05, 3.63) is 28.7 Å². The number of carbonyl (C=O) groups is 2. The van der Waals surface area contributed by atoms with Crippen molar-refractivity contribution in [3.63, 3.8) is 0 Å². The molecule has 0 unspecified atom stereocenters. The second-order valence-corrected chi connectivity index (χ2v) is 5.16. The molecule has 1 rings (SSSR count). The van der Waals surface area contributed by atoms with Crippen LogP contribution in [0.5, 0.6) is 0 Å². The average Bonchev–Trinajstić information content (AvgIpc) is 2.47. The van der Waals surface area contributed by atoms with Crippen molar-refractivity contribution in [2.24, 2.45) is 5.10 Å². The molecule has 22 heavy (non-hydrogen) atoms. The summed E-state index contributed by atoms with van der Waals surface area (Å²) in [5, 5.41) is 5.69. The van der Waals surface area contributed by atoms with E-state index in [2.05, 4.69) is 21.0 Å². The Morgan fingerprint density at radius 1 is 1.14 bits per heavy atom. The van der Waals surface area contributed by atoms with E-state index in [-0.39, 0.29) is 25.3 Å². The highest BCUT2D eigenvalue weighted by atomic mass is 79.9. The van der Waals surface area contributed by atoms with Gasteiger partial charge in [0.15, 0.2) is 5.71 Å². The van der Waals surface area contributed by atoms with Crippen molar-refractivity contribution >= 4 is 39.3 Å². The third-order valence-electron chi connectivity index (χ3n) is 2.60. The number of carbonyl (C=O) groups excluding carboxylic acids is 2. The van der Waals surface area contributed by atoms with Gasteiger partial charge in [0, 0.05) is 11.5 Å². The normalized spacial score (nSPS) is 11.0. The number of benzene rings is 1. The van der Waals surface area contributed by atoms with Gasteiger partial charge in [-0.05, 0) is 38.1 Å². The molecule has 0 fully saturated rings. The van der Waals surface area contributed by atoms with Gasteiger partial charge in [0.2, 0.25) is 0 Å². The van der Waals surface area contributed by atoms with Crippen LogP contribution >= 0.6 is 15.9 Å². The van der Waals surface area contributed by atoms with Crippen LogP contribution in [0.3, 0.4) is 0 Å². The van der Waals surface area contributed by atoms with Crippen LogP contribution in [0.4, 0.5) is 5.69 Å². The van der Waals surface area contributed by atoms with E-state index in [0.717, 1.165) is 10.2 Å². The lowest BCUT2D eigenvalue weighted by atomic mass is 10.2. The highest BCUT2D eigenvalue weighted by molar-refractivity contribution is 9.10. The second kappa shape index (κ2) is 9.19. The molecular weight excluding hydrogens is 352 g/mol. The predicted octanol–water partition coefficient (Wildman–Crippen LogP) is 2.76. The van der Waals surface area contributed by atoms with E-state index in [0.29, 0.717) is 0 Å². The number of anilines is 1. The number of rotatable bonds is 7. The predicted molar refractivity (Wildman–Crippen MR) is 87.9 cm³/mol. The zero-order chi connectivity index (χ0) is 16.5. The fourth-order valence-electron chi connectivity index (χ4n) is 1.61. The number of hydrogen-bond acceptors (Lipinski definition) is 6. The lowest BCUT2D eigenvalue weighted by molar-refractivity contribution is -0.143. The SMILES string of the molecule is CCOC(=O)C/C(=N/N(C)c1ccc(Br)cc1)C(=O)OCC. The standard InChI is InChI=1S/C15H19BrN2O4/c1-4-21-14(19)10-13(15(20)22-5-2)17-18(3)12-8-6-11(16)7-9-12/h6-9H,4-5,10H2,1-3H3/b17-13-. The first-order valence-electron chi connectivity index (χ1n) is 6.87. The van der Waals surface area contributed by atoms with E-state index in [4.69, 9.17) is 9.47 Å². The summed E-state index contributed by atoms with van der Waals surface area (Å²) in [5.41, 5.74) is 0.777. The molecule has 0 amide bonds. The minimum absolute atomic E-state index is 0.00530. The third kappa shape index (κ3) is 5.85. The maximum atomic E-state index is 11.9. The van der Waals surface area contributed by atoms with Crippen molar-refractivity contribution in [3.8, 4) is 0 Å². The zero-order valence-electron chi connectivity index (χ0n) is 12.8. The molecule has 0 radical (unpaired) electrons. The molecule has 7 heteroatoms. The summed E-state index contributed by atoms with van der Waals surface area (Å²) in [6.45, 7) is 3.85. The summed E-state index contributed by atoms with van der Waals surface area (Å²) in [4.78, 5) is 23.5. The Bertz CT molecular complexity index is 543. The van der Waals surface area contributed by atoms with Crippen molar-refractivity contribution in [1.29, 1.82) is 0 Å². The topological polar surface area (TPSA) is 68.2 Å². The summed E-state index contributed by atoms with van der Waals surface area (Å²) in [5.74, 6) is -1.14. The smallest absolute Gasteiger partial charge is 0.355 e. The van der Waals surface area contributed by atoms with Crippen LogP contribution in [0, 0.1) is 0 Å². The molecule has 1 aromatic carbocycles. The van der Waals surface area contributed by atoms with E-state index in [1.54, 1.807) is 20.9 Å². The molecule has 0 saturated carbocycles. The highest BCUT2D eigenvalue weighted by Gasteiger charge is 2.19. The molecule has 120 valence electrons. The first kappa shape index (κ1) is 18.2. The monoisotopic (exact) mass is 370 g/mol. The van der Waals surface area contributed by atoms with Gasteiger partial charge in [-0.2, -0.15) is 5.10 Å². The van der Waals surface area contributed by atoms with Gasteiger partial charge in [-0.3, -0.25) is 9.80 Å². The average molecular weight is 371 g/mol. The van der Waals surface area contributed by atoms with E-state index in [1.165, 1.54) is 5.01 Å². The summed E-state index contributed by atoms with van der Waals surface area (Å²) in [7, 11) is 1.69. The summed E-state index contributed by atoms with van der Waals surface area (Å²) < 4.78 is 10.7. The van der Waals surface area contributed by atoms with Crippen LogP contribution in [0.15, 0.2) is 33.8 Å². The highest BCUT2D eigenvalue weighted by Crippen LogP contribution is 2.17. The molecule has 0 aliphatic heterocycles. The van der Waals surface area contributed by atoms with Crippen LogP contribution in [-0.4, -0.2) is 37.9 Å². The van der Waals surface area contributed by atoms with E-state index < -0.39 is 11.9 Å². The van der Waals surface area contributed by atoms with E-state index in [9.17, 15) is 9.59 Å². The lowest BCUT2D eigenvalue weighted by Gasteiger charge is -2.15. The Labute approximate surface area is 138 Å².